The third-order valence-corrected chi connectivity index (χ3v) is 15.0. The van der Waals surface area contributed by atoms with Gasteiger partial charge in [0.05, 0.1) is 6.23 Å². The zero-order valence-corrected chi connectivity index (χ0v) is 24.8. The van der Waals surface area contributed by atoms with E-state index in [9.17, 15) is 0 Å². The lowest BCUT2D eigenvalue weighted by atomic mass is 11.3. The minimum atomic E-state index is -2.32. The molecule has 0 saturated carbocycles. The lowest BCUT2D eigenvalue weighted by Crippen LogP contribution is -2.59. The molecule has 10 heteroatoms. The Morgan fingerprint density at radius 3 is 1.30 bits per heavy atom. The summed E-state index contributed by atoms with van der Waals surface area (Å²) >= 11 is 4.24. The molecule has 0 aliphatic heterocycles. The van der Waals surface area contributed by atoms with E-state index >= 15 is 0 Å². The summed E-state index contributed by atoms with van der Waals surface area (Å²) < 4.78 is 24.3. The molecule has 142 valence electrons. The zero-order chi connectivity index (χ0) is 19.5. The second-order valence-corrected chi connectivity index (χ2v) is 23.8. The molecule has 0 aromatic carbocycles. The maximum absolute atomic E-state index is 6.40. The van der Waals surface area contributed by atoms with Gasteiger partial charge in [0, 0.05) is 44.3 Å². The Morgan fingerprint density at radius 2 is 1.04 bits per heavy atom. The van der Waals surface area contributed by atoms with Gasteiger partial charge in [-0.25, -0.2) is 0 Å². The van der Waals surface area contributed by atoms with Gasteiger partial charge in [0.25, 0.3) is 0 Å². The SMILES string of the molecule is C=C.COC[Si](C)(O[Si](C)(C)C)O[Si](C)(C)O[Si](C)(C)C.II. The Kier molecular flexibility index (Phi) is 16.9. The maximum Gasteiger partial charge on any atom is 0.342 e. The molecular formula is C13H36I2O4Si4. The third kappa shape index (κ3) is 20.1. The van der Waals surface area contributed by atoms with Crippen LogP contribution in [0.5, 0.6) is 0 Å². The molecule has 0 aromatic heterocycles. The number of rotatable bonds is 8. The smallest absolute Gasteiger partial charge is 0.342 e. The molecule has 0 bridgehead atoms. The van der Waals surface area contributed by atoms with Gasteiger partial charge < -0.3 is 17.1 Å². The van der Waals surface area contributed by atoms with Crippen molar-refractivity contribution in [1.82, 2.24) is 0 Å². The van der Waals surface area contributed by atoms with Gasteiger partial charge in [-0.1, -0.05) is 0 Å². The molecular weight excluding hydrogens is 586 g/mol. The van der Waals surface area contributed by atoms with E-state index in [0.29, 0.717) is 6.23 Å². The molecule has 23 heavy (non-hydrogen) atoms. The highest BCUT2D eigenvalue weighted by Crippen LogP contribution is 2.24. The van der Waals surface area contributed by atoms with Gasteiger partial charge >= 0.3 is 17.1 Å². The summed E-state index contributed by atoms with van der Waals surface area (Å²) in [5, 5.41) is 0. The molecule has 0 radical (unpaired) electrons. The molecule has 0 amide bonds. The topological polar surface area (TPSA) is 36.9 Å². The molecule has 4 nitrogen and oxygen atoms in total. The van der Waals surface area contributed by atoms with Crippen LogP contribution in [-0.2, 0) is 17.1 Å². The van der Waals surface area contributed by atoms with Crippen molar-refractivity contribution in [3.63, 3.8) is 0 Å². The second kappa shape index (κ2) is 13.1. The Hall–Kier alpha value is 1.91. The summed E-state index contributed by atoms with van der Waals surface area (Å²) in [4.78, 5) is 0. The fourth-order valence-corrected chi connectivity index (χ4v) is 19.6. The predicted octanol–water partition coefficient (Wildman–Crippen LogP) is 6.24. The molecule has 0 aliphatic rings. The van der Waals surface area contributed by atoms with E-state index in [2.05, 4.69) is 109 Å². The van der Waals surface area contributed by atoms with Gasteiger partial charge in [0.15, 0.2) is 16.6 Å². The first-order chi connectivity index (χ1) is 10.2. The number of hydrogen-bond donors (Lipinski definition) is 0. The molecule has 0 N–H and O–H groups in total. The van der Waals surface area contributed by atoms with E-state index in [1.54, 1.807) is 7.11 Å². The van der Waals surface area contributed by atoms with E-state index in [0.717, 1.165) is 0 Å². The molecule has 0 saturated heterocycles. The second-order valence-electron chi connectivity index (χ2n) is 7.50. The van der Waals surface area contributed by atoms with Crippen molar-refractivity contribution in [3.8, 4) is 0 Å². The maximum atomic E-state index is 6.40. The Morgan fingerprint density at radius 1 is 0.696 bits per heavy atom. The largest absolute Gasteiger partial charge is 0.437 e. The first kappa shape index (κ1) is 29.7. The predicted molar refractivity (Wildman–Crippen MR) is 130 cm³/mol. The van der Waals surface area contributed by atoms with Crippen LogP contribution in [0, 0.1) is 0 Å². The Labute approximate surface area is 172 Å². The fourth-order valence-electron chi connectivity index (χ4n) is 2.27. The molecule has 0 fully saturated rings. The van der Waals surface area contributed by atoms with Crippen molar-refractivity contribution in [2.45, 2.75) is 58.9 Å². The van der Waals surface area contributed by atoms with Crippen LogP contribution in [0.4, 0.5) is 0 Å². The van der Waals surface area contributed by atoms with Gasteiger partial charge in [0.1, 0.15) is 0 Å². The monoisotopic (exact) mass is 622 g/mol. The van der Waals surface area contributed by atoms with Crippen LogP contribution < -0.4 is 0 Å². The highest BCUT2D eigenvalue weighted by Gasteiger charge is 2.44. The molecule has 0 rings (SSSR count). The molecule has 1 atom stereocenters. The van der Waals surface area contributed by atoms with Crippen LogP contribution >= 0.6 is 37.2 Å². The Bertz CT molecular complexity index is 309. The van der Waals surface area contributed by atoms with Crippen LogP contribution in [0.1, 0.15) is 0 Å². The molecule has 0 heterocycles. The van der Waals surface area contributed by atoms with E-state index < -0.39 is 33.8 Å². The van der Waals surface area contributed by atoms with Crippen molar-refractivity contribution in [2.75, 3.05) is 13.3 Å². The third-order valence-electron chi connectivity index (χ3n) is 1.94. The van der Waals surface area contributed by atoms with Crippen LogP contribution in [0.3, 0.4) is 0 Å². The van der Waals surface area contributed by atoms with Crippen molar-refractivity contribution < 1.29 is 17.1 Å². The summed E-state index contributed by atoms with van der Waals surface area (Å²) in [6.45, 7) is 25.5. The summed E-state index contributed by atoms with van der Waals surface area (Å²) in [5.41, 5.74) is 0. The minimum absolute atomic E-state index is 0.558. The number of halogens is 2. The van der Waals surface area contributed by atoms with Crippen molar-refractivity contribution >= 4 is 71.0 Å². The van der Waals surface area contributed by atoms with Gasteiger partial charge in [0.2, 0.25) is 0 Å². The normalized spacial score (nSPS) is 14.8. The zero-order valence-electron chi connectivity index (χ0n) is 16.5. The van der Waals surface area contributed by atoms with Gasteiger partial charge in [-0.15, -0.1) is 13.2 Å². The minimum Gasteiger partial charge on any atom is -0.437 e. The van der Waals surface area contributed by atoms with Crippen molar-refractivity contribution in [1.29, 1.82) is 0 Å². The summed E-state index contributed by atoms with van der Waals surface area (Å²) in [5.74, 6) is 0. The highest BCUT2D eigenvalue weighted by atomic mass is 128. The van der Waals surface area contributed by atoms with E-state index in [-0.39, 0.29) is 0 Å². The Balaban J connectivity index is -0.000000919. The molecule has 1 unspecified atom stereocenters. The molecule has 0 spiro atoms. The van der Waals surface area contributed by atoms with E-state index in [4.69, 9.17) is 17.1 Å². The van der Waals surface area contributed by atoms with Gasteiger partial charge in [-0.05, 0) is 58.9 Å². The van der Waals surface area contributed by atoms with E-state index in [1.807, 2.05) is 0 Å². The summed E-state index contributed by atoms with van der Waals surface area (Å²) in [6.07, 6.45) is 0.558. The first-order valence-corrected chi connectivity index (χ1v) is 25.9. The van der Waals surface area contributed by atoms with Crippen molar-refractivity contribution in [3.05, 3.63) is 13.2 Å². The quantitative estimate of drug-likeness (QED) is 0.183. The first-order valence-electron chi connectivity index (χ1n) is 7.42. The van der Waals surface area contributed by atoms with Crippen LogP contribution in [0.2, 0.25) is 58.9 Å². The lowest BCUT2D eigenvalue weighted by molar-refractivity contribution is 0.200. The van der Waals surface area contributed by atoms with E-state index in [1.165, 1.54) is 0 Å². The number of hydrogen-bond acceptors (Lipinski definition) is 4. The average molecular weight is 623 g/mol. The standard InChI is InChI=1S/C11H32O4Si4.C2H4.I2/c1-12-11-19(10,14-17(5,6)7)15-18(8,9)13-16(2,3)4;2*1-2/h11H2,1-10H3;1-2H2;. The van der Waals surface area contributed by atoms with Crippen LogP contribution in [0.15, 0.2) is 13.2 Å². The van der Waals surface area contributed by atoms with Gasteiger partial charge in [-0.3, -0.25) is 0 Å². The fraction of sp³-hybridized carbons (Fsp3) is 0.846. The molecule has 0 aromatic rings. The summed E-state index contributed by atoms with van der Waals surface area (Å²) in [7, 11) is -6.04. The van der Waals surface area contributed by atoms with Crippen LogP contribution in [0.25, 0.3) is 0 Å². The highest BCUT2D eigenvalue weighted by molar-refractivity contribution is 15.0. The number of ether oxygens (including phenoxy) is 1. The van der Waals surface area contributed by atoms with Crippen LogP contribution in [-0.4, -0.2) is 47.1 Å². The average Bonchev–Trinajstić information content (AvgIpc) is 2.27. The van der Waals surface area contributed by atoms with Gasteiger partial charge in [-0.2, -0.15) is 0 Å². The lowest BCUT2D eigenvalue weighted by Gasteiger charge is -2.40. The number of methoxy groups -OCH3 is 1. The molecule has 0 aliphatic carbocycles. The van der Waals surface area contributed by atoms with Crippen molar-refractivity contribution in [2.24, 2.45) is 0 Å². The summed E-state index contributed by atoms with van der Waals surface area (Å²) in [6, 6.07) is 0.